The number of rotatable bonds is 3. The summed E-state index contributed by atoms with van der Waals surface area (Å²) in [4.78, 5) is 15.4. The number of hydrogen-bond acceptors (Lipinski definition) is 4. The van der Waals surface area contributed by atoms with E-state index in [0.29, 0.717) is 31.2 Å². The molecule has 1 fully saturated rings. The average molecular weight is 472 g/mol. The fourth-order valence-electron chi connectivity index (χ4n) is 3.22. The van der Waals surface area contributed by atoms with Gasteiger partial charge < -0.3 is 20.6 Å². The van der Waals surface area contributed by atoms with Crippen molar-refractivity contribution >= 4 is 52.0 Å². The van der Waals surface area contributed by atoms with Crippen molar-refractivity contribution in [2.24, 2.45) is 0 Å². The van der Waals surface area contributed by atoms with Crippen molar-refractivity contribution in [2.45, 2.75) is 0 Å². The van der Waals surface area contributed by atoms with Crippen LogP contribution in [-0.2, 0) is 4.79 Å². The summed E-state index contributed by atoms with van der Waals surface area (Å²) >= 11 is 17.8. The molecule has 5 nitrogen and oxygen atoms in total. The Kier molecular flexibility index (Phi) is 6.50. The van der Waals surface area contributed by atoms with Gasteiger partial charge in [-0.3, -0.25) is 4.79 Å². The molecule has 0 bridgehead atoms. The van der Waals surface area contributed by atoms with Crippen molar-refractivity contribution in [3.05, 3.63) is 58.1 Å². The first-order valence-electron chi connectivity index (χ1n) is 8.82. The fourth-order valence-corrected chi connectivity index (χ4v) is 4.11. The van der Waals surface area contributed by atoms with Crippen LogP contribution in [0.5, 0.6) is 5.75 Å². The summed E-state index contributed by atoms with van der Waals surface area (Å²) in [6, 6.07) is 3.26. The molecule has 0 aromatic heterocycles. The Balaban J connectivity index is 1.94. The van der Waals surface area contributed by atoms with E-state index < -0.39 is 17.4 Å². The Morgan fingerprint density at radius 2 is 1.73 bits per heavy atom. The summed E-state index contributed by atoms with van der Waals surface area (Å²) < 4.78 is 28.7. The van der Waals surface area contributed by atoms with E-state index in [-0.39, 0.29) is 38.3 Å². The molecule has 2 aromatic rings. The van der Waals surface area contributed by atoms with Gasteiger partial charge in [-0.25, -0.2) is 8.78 Å². The number of amides is 1. The third-order valence-corrected chi connectivity index (χ3v) is 5.93. The third kappa shape index (κ3) is 4.08. The molecule has 0 spiro atoms. The van der Waals surface area contributed by atoms with Gasteiger partial charge in [0.1, 0.15) is 4.99 Å². The van der Waals surface area contributed by atoms with Crippen molar-refractivity contribution < 1.29 is 18.7 Å². The molecule has 0 unspecified atom stereocenters. The molecule has 1 amide bonds. The lowest BCUT2D eigenvalue weighted by molar-refractivity contribution is -0.127. The van der Waals surface area contributed by atoms with Gasteiger partial charge in [-0.1, -0.05) is 42.0 Å². The highest BCUT2D eigenvalue weighted by Crippen LogP contribution is 2.41. The zero-order chi connectivity index (χ0) is 22.2. The number of thiocarbonyl (C=S) groups is 1. The molecule has 1 heterocycles. The molecule has 0 atom stereocenters. The van der Waals surface area contributed by atoms with Crippen LogP contribution in [-0.4, -0.2) is 52.0 Å². The second kappa shape index (κ2) is 8.75. The monoisotopic (exact) mass is 471 g/mol. The molecule has 1 saturated heterocycles. The molecule has 3 N–H and O–H groups in total. The molecular formula is C20H17Cl2F2N3O2S. The third-order valence-electron chi connectivity index (χ3n) is 4.85. The van der Waals surface area contributed by atoms with Crippen molar-refractivity contribution in [3.63, 3.8) is 0 Å². The van der Waals surface area contributed by atoms with Crippen LogP contribution in [0.4, 0.5) is 14.5 Å². The Morgan fingerprint density at radius 3 is 2.33 bits per heavy atom. The quantitative estimate of drug-likeness (QED) is 0.398. The maximum absolute atomic E-state index is 15.2. The van der Waals surface area contributed by atoms with E-state index >= 15 is 4.39 Å². The van der Waals surface area contributed by atoms with Crippen LogP contribution in [0.2, 0.25) is 10.0 Å². The van der Waals surface area contributed by atoms with Gasteiger partial charge >= 0.3 is 0 Å². The normalized spacial score (nSPS) is 14.0. The highest BCUT2D eigenvalue weighted by Gasteiger charge is 2.26. The molecule has 30 heavy (non-hydrogen) atoms. The average Bonchev–Trinajstić information content (AvgIpc) is 2.73. The topological polar surface area (TPSA) is 69.8 Å². The summed E-state index contributed by atoms with van der Waals surface area (Å²) in [5.74, 6) is -2.69. The standard InChI is InChI=1S/C20H17Cl2F2N3O2S/c1-2-16(29)26-3-5-27(6-4-26)20(30)11-7-13(22)17(18(24)19(11)25)10-8-15(28)14(23)9-12(10)21/h2,7-9,28H,1,3-6,25H2. The van der Waals surface area contributed by atoms with E-state index in [1.807, 2.05) is 0 Å². The van der Waals surface area contributed by atoms with Crippen molar-refractivity contribution in [1.29, 1.82) is 0 Å². The van der Waals surface area contributed by atoms with Crippen molar-refractivity contribution in [1.82, 2.24) is 9.80 Å². The van der Waals surface area contributed by atoms with E-state index in [1.54, 1.807) is 9.80 Å². The second-order valence-corrected chi connectivity index (χ2v) is 7.81. The molecule has 0 saturated carbocycles. The lowest BCUT2D eigenvalue weighted by atomic mass is 10.00. The van der Waals surface area contributed by atoms with E-state index in [2.05, 4.69) is 6.58 Å². The Hall–Kier alpha value is -2.42. The van der Waals surface area contributed by atoms with E-state index in [4.69, 9.17) is 41.2 Å². The highest BCUT2D eigenvalue weighted by molar-refractivity contribution is 7.80. The number of nitrogen functional groups attached to an aromatic ring is 1. The van der Waals surface area contributed by atoms with Gasteiger partial charge in [-0.15, -0.1) is 0 Å². The first-order valence-corrected chi connectivity index (χ1v) is 9.98. The number of hydrogen-bond donors (Lipinski definition) is 2. The SMILES string of the molecule is C=CC(=O)N1CCN(C(=S)c2cc(Cl)c(-c3cc(O)c(F)cc3Cl)c(F)c2N)CC1. The first-order chi connectivity index (χ1) is 14.1. The van der Waals surface area contributed by atoms with E-state index in [1.165, 1.54) is 12.1 Å². The molecule has 1 aliphatic heterocycles. The van der Waals surface area contributed by atoms with E-state index in [9.17, 15) is 14.3 Å². The Labute approximate surface area is 187 Å². The van der Waals surface area contributed by atoms with Crippen LogP contribution in [0.25, 0.3) is 11.1 Å². The van der Waals surface area contributed by atoms with Crippen molar-refractivity contribution in [3.8, 4) is 16.9 Å². The van der Waals surface area contributed by atoms with Gasteiger partial charge in [-0.05, 0) is 24.3 Å². The molecule has 3 rings (SSSR count). The summed E-state index contributed by atoms with van der Waals surface area (Å²) in [5, 5.41) is 9.45. The molecular weight excluding hydrogens is 455 g/mol. The summed E-state index contributed by atoms with van der Waals surface area (Å²) in [6.07, 6.45) is 1.25. The minimum atomic E-state index is -0.944. The van der Waals surface area contributed by atoms with Crippen LogP contribution in [0.3, 0.4) is 0 Å². The first kappa shape index (κ1) is 22.3. The number of nitrogens with zero attached hydrogens (tertiary/aromatic N) is 2. The second-order valence-electron chi connectivity index (χ2n) is 6.61. The summed E-state index contributed by atoms with van der Waals surface area (Å²) in [7, 11) is 0. The zero-order valence-corrected chi connectivity index (χ0v) is 17.9. The number of aromatic hydroxyl groups is 1. The molecule has 0 aliphatic carbocycles. The summed E-state index contributed by atoms with van der Waals surface area (Å²) in [5.41, 5.74) is 5.82. The van der Waals surface area contributed by atoms with Crippen LogP contribution >= 0.6 is 35.4 Å². The van der Waals surface area contributed by atoms with Gasteiger partial charge in [0.25, 0.3) is 0 Å². The van der Waals surface area contributed by atoms with Crippen LogP contribution in [0.1, 0.15) is 5.56 Å². The van der Waals surface area contributed by atoms with Crippen LogP contribution in [0, 0.1) is 11.6 Å². The van der Waals surface area contributed by atoms with Crippen LogP contribution < -0.4 is 5.73 Å². The van der Waals surface area contributed by atoms with Gasteiger partial charge in [0.15, 0.2) is 17.4 Å². The number of phenols is 1. The highest BCUT2D eigenvalue weighted by atomic mass is 35.5. The minimum Gasteiger partial charge on any atom is -0.505 e. The molecule has 158 valence electrons. The zero-order valence-electron chi connectivity index (χ0n) is 15.6. The van der Waals surface area contributed by atoms with Gasteiger partial charge in [0, 0.05) is 42.9 Å². The van der Waals surface area contributed by atoms with Crippen LogP contribution in [0.15, 0.2) is 30.9 Å². The predicted molar refractivity (Wildman–Crippen MR) is 118 cm³/mol. The number of piperazine rings is 1. The number of carbonyl (C=O) groups excluding carboxylic acids is 1. The largest absolute Gasteiger partial charge is 0.505 e. The number of halogens is 4. The minimum absolute atomic E-state index is 0.00112. The number of nitrogens with two attached hydrogens (primary N) is 1. The number of phenolic OH excluding ortho intramolecular Hbond substituents is 1. The number of anilines is 1. The molecule has 1 aliphatic rings. The maximum Gasteiger partial charge on any atom is 0.246 e. The molecule has 0 radical (unpaired) electrons. The maximum atomic E-state index is 15.2. The molecule has 10 heteroatoms. The Morgan fingerprint density at radius 1 is 1.13 bits per heavy atom. The predicted octanol–water partition coefficient (Wildman–Crippen LogP) is 4.23. The number of benzene rings is 2. The Bertz CT molecular complexity index is 1060. The number of carbonyl (C=O) groups is 1. The molecule has 2 aromatic carbocycles. The van der Waals surface area contributed by atoms with Gasteiger partial charge in [-0.2, -0.15) is 0 Å². The smallest absolute Gasteiger partial charge is 0.246 e. The van der Waals surface area contributed by atoms with Crippen molar-refractivity contribution in [2.75, 3.05) is 31.9 Å². The lowest BCUT2D eigenvalue weighted by Crippen LogP contribution is -2.50. The summed E-state index contributed by atoms with van der Waals surface area (Å²) in [6.45, 7) is 5.22. The fraction of sp³-hybridized carbons (Fsp3) is 0.200. The lowest BCUT2D eigenvalue weighted by Gasteiger charge is -2.36. The van der Waals surface area contributed by atoms with E-state index in [0.717, 1.165) is 12.1 Å². The van der Waals surface area contributed by atoms with Gasteiger partial charge in [0.2, 0.25) is 5.91 Å². The van der Waals surface area contributed by atoms with Gasteiger partial charge in [0.05, 0.1) is 15.7 Å².